The van der Waals surface area contributed by atoms with Crippen LogP contribution < -0.4 is 0 Å². The van der Waals surface area contributed by atoms with Gasteiger partial charge in [0.15, 0.2) is 0 Å². The average Bonchev–Trinajstić information content (AvgIpc) is 3.34. The highest BCUT2D eigenvalue weighted by molar-refractivity contribution is 6.31. The lowest BCUT2D eigenvalue weighted by Crippen LogP contribution is -2.16. The van der Waals surface area contributed by atoms with Gasteiger partial charge in [0.25, 0.3) is 0 Å². The highest BCUT2D eigenvalue weighted by atomic mass is 19.4. The molecule has 70 heavy (non-hydrogen) atoms. The lowest BCUT2D eigenvalue weighted by molar-refractivity contribution is -0.138. The zero-order valence-electron chi connectivity index (χ0n) is 42.8. The smallest absolute Gasteiger partial charge is 0.166 e. The number of halogens is 6. The normalized spacial score (nSPS) is 13.2. The lowest BCUT2D eigenvalue weighted by Gasteiger charge is -2.29. The van der Waals surface area contributed by atoms with Crippen molar-refractivity contribution in [3.05, 3.63) is 167 Å². The molecule has 0 unspecified atom stereocenters. The van der Waals surface area contributed by atoms with Crippen molar-refractivity contribution < 1.29 is 26.3 Å². The maximum absolute atomic E-state index is 15.0. The Labute approximate surface area is 411 Å². The summed E-state index contributed by atoms with van der Waals surface area (Å²) in [5, 5.41) is 4.45. The van der Waals surface area contributed by atoms with E-state index in [1.165, 1.54) is 24.3 Å². The summed E-state index contributed by atoms with van der Waals surface area (Å²) < 4.78 is 90.0. The molecule has 0 N–H and O–H groups in total. The average molecular weight is 949 g/mol. The second kappa shape index (κ2) is 18.1. The van der Waals surface area contributed by atoms with E-state index in [0.717, 1.165) is 93.1 Å². The van der Waals surface area contributed by atoms with E-state index in [-0.39, 0.29) is 16.2 Å². The third-order valence-corrected chi connectivity index (χ3v) is 16.3. The minimum atomic E-state index is -4.64. The van der Waals surface area contributed by atoms with Crippen molar-refractivity contribution in [2.24, 2.45) is 0 Å². The maximum Gasteiger partial charge on any atom is 0.416 e. The van der Waals surface area contributed by atoms with E-state index in [2.05, 4.69) is 168 Å². The fourth-order valence-electron chi connectivity index (χ4n) is 9.89. The number of alkyl halides is 6. The van der Waals surface area contributed by atoms with E-state index in [1.54, 1.807) is 12.1 Å². The van der Waals surface area contributed by atoms with Crippen LogP contribution in [0.1, 0.15) is 142 Å². The molecule has 0 amide bonds. The summed E-state index contributed by atoms with van der Waals surface area (Å²) in [6, 6.07) is 40.9. The van der Waals surface area contributed by atoms with Crippen LogP contribution in [0.25, 0.3) is 76.8 Å². The van der Waals surface area contributed by atoms with E-state index in [9.17, 15) is 13.2 Å². The summed E-state index contributed by atoms with van der Waals surface area (Å²) in [6.07, 6.45) is -5.86. The van der Waals surface area contributed by atoms with Crippen LogP contribution in [0, 0.1) is 0 Å². The Morgan fingerprint density at radius 2 is 0.714 bits per heavy atom. The van der Waals surface area contributed by atoms with E-state index in [1.807, 2.05) is 0 Å². The molecule has 0 atom stereocenters. The van der Waals surface area contributed by atoms with Gasteiger partial charge in [-0.3, -0.25) is 0 Å². The van der Waals surface area contributed by atoms with Crippen LogP contribution in [-0.4, -0.2) is 0 Å². The van der Waals surface area contributed by atoms with Crippen molar-refractivity contribution in [2.75, 3.05) is 0 Å². The van der Waals surface area contributed by atoms with Gasteiger partial charge in [-0.15, -0.1) is 0 Å². The molecule has 0 aliphatic carbocycles. The summed E-state index contributed by atoms with van der Waals surface area (Å²) in [6.45, 7) is 26.1. The van der Waals surface area contributed by atoms with Crippen LogP contribution in [0.2, 0.25) is 0 Å². The Kier molecular flexibility index (Phi) is 13.0. The molecule has 8 aromatic carbocycles. The van der Waals surface area contributed by atoms with Crippen LogP contribution in [0.3, 0.4) is 0 Å². The zero-order valence-corrected chi connectivity index (χ0v) is 42.8. The molecule has 0 radical (unpaired) electrons. The van der Waals surface area contributed by atoms with Gasteiger partial charge >= 0.3 is 12.4 Å². The fourth-order valence-corrected chi connectivity index (χ4v) is 9.89. The standard InChI is InChI=1S/C64H66F6/c1-13-59(5,6)44-27-23-39(24-28-44)51-37-49(62(11,12)16-4)38-53-56(42-20-18-22-48(34-42)64(68,69)70)58-52(55(57(51)53)41-19-17-21-47(33-41)63(65,66)67)36-43-35-46(61(9,10)15-3)31-32-50(43)54(58)40-25-29-45(30-26-40)60(7,8)14-2/h17-38H,13-16H2,1-12H3. The van der Waals surface area contributed by atoms with Crippen molar-refractivity contribution in [3.8, 4) is 44.5 Å². The van der Waals surface area contributed by atoms with E-state index in [4.69, 9.17) is 0 Å². The highest BCUT2D eigenvalue weighted by Gasteiger charge is 2.34. The third kappa shape index (κ3) is 9.17. The molecule has 0 aliphatic rings. The van der Waals surface area contributed by atoms with Crippen molar-refractivity contribution in [1.29, 1.82) is 0 Å². The molecule has 0 nitrogen and oxygen atoms in total. The molecule has 0 spiro atoms. The van der Waals surface area contributed by atoms with Crippen molar-refractivity contribution >= 4 is 32.3 Å². The summed E-state index contributed by atoms with van der Waals surface area (Å²) in [7, 11) is 0. The Bertz CT molecular complexity index is 3250. The summed E-state index contributed by atoms with van der Waals surface area (Å²) in [5.41, 5.74) is 7.19. The van der Waals surface area contributed by atoms with Gasteiger partial charge in [0.1, 0.15) is 0 Å². The lowest BCUT2D eigenvalue weighted by atomic mass is 9.74. The van der Waals surface area contributed by atoms with Crippen LogP contribution in [0.15, 0.2) is 133 Å². The van der Waals surface area contributed by atoms with Gasteiger partial charge in [-0.25, -0.2) is 0 Å². The highest BCUT2D eigenvalue weighted by Crippen LogP contribution is 2.54. The monoisotopic (exact) mass is 949 g/mol. The molecule has 6 heteroatoms. The Morgan fingerprint density at radius 3 is 1.19 bits per heavy atom. The van der Waals surface area contributed by atoms with Gasteiger partial charge in [0.05, 0.1) is 11.1 Å². The largest absolute Gasteiger partial charge is 0.416 e. The Morgan fingerprint density at radius 1 is 0.314 bits per heavy atom. The quantitative estimate of drug-likeness (QED) is 0.0846. The Hall–Kier alpha value is -5.88. The van der Waals surface area contributed by atoms with E-state index < -0.39 is 28.9 Å². The van der Waals surface area contributed by atoms with Crippen molar-refractivity contribution in [2.45, 2.75) is 143 Å². The fraction of sp³-hybridized carbons (Fsp3) is 0.344. The van der Waals surface area contributed by atoms with Gasteiger partial charge in [-0.05, 0) is 189 Å². The van der Waals surface area contributed by atoms with Gasteiger partial charge in [-0.1, -0.05) is 174 Å². The topological polar surface area (TPSA) is 0 Å². The minimum absolute atomic E-state index is 0.115. The second-order valence-corrected chi connectivity index (χ2v) is 22.1. The zero-order chi connectivity index (χ0) is 50.9. The molecule has 0 heterocycles. The van der Waals surface area contributed by atoms with E-state index >= 15 is 13.2 Å². The molecule has 0 saturated heterocycles. The first kappa shape index (κ1) is 50.5. The summed E-state index contributed by atoms with van der Waals surface area (Å²) >= 11 is 0. The van der Waals surface area contributed by atoms with Gasteiger partial charge in [-0.2, -0.15) is 26.3 Å². The Balaban J connectivity index is 1.73. The number of benzene rings is 8. The molecule has 0 saturated carbocycles. The molecule has 8 aromatic rings. The van der Waals surface area contributed by atoms with Gasteiger partial charge < -0.3 is 0 Å². The van der Waals surface area contributed by atoms with Crippen LogP contribution >= 0.6 is 0 Å². The number of rotatable bonds is 12. The molecule has 0 bridgehead atoms. The van der Waals surface area contributed by atoms with E-state index in [0.29, 0.717) is 43.8 Å². The number of fused-ring (bicyclic) bond motifs is 3. The van der Waals surface area contributed by atoms with Crippen molar-refractivity contribution in [3.63, 3.8) is 0 Å². The molecule has 0 fully saturated rings. The predicted octanol–water partition coefficient (Wildman–Crippen LogP) is 20.6. The molecule has 364 valence electrons. The first-order chi connectivity index (χ1) is 32.8. The molecular formula is C64H66F6. The molecule has 0 aromatic heterocycles. The first-order valence-corrected chi connectivity index (χ1v) is 24.9. The van der Waals surface area contributed by atoms with Crippen molar-refractivity contribution in [1.82, 2.24) is 0 Å². The third-order valence-electron chi connectivity index (χ3n) is 16.3. The summed E-state index contributed by atoms with van der Waals surface area (Å²) in [4.78, 5) is 0. The minimum Gasteiger partial charge on any atom is -0.166 e. The summed E-state index contributed by atoms with van der Waals surface area (Å²) in [5.74, 6) is 0. The van der Waals surface area contributed by atoms with Crippen LogP contribution in [0.5, 0.6) is 0 Å². The van der Waals surface area contributed by atoms with Crippen LogP contribution in [0.4, 0.5) is 26.3 Å². The maximum atomic E-state index is 15.0. The number of hydrogen-bond donors (Lipinski definition) is 0. The number of hydrogen-bond acceptors (Lipinski definition) is 0. The molecule has 0 aliphatic heterocycles. The second-order valence-electron chi connectivity index (χ2n) is 22.1. The van der Waals surface area contributed by atoms with Crippen LogP contribution in [-0.2, 0) is 34.0 Å². The van der Waals surface area contributed by atoms with Gasteiger partial charge in [0.2, 0.25) is 0 Å². The molecular weight excluding hydrogens is 883 g/mol. The first-order valence-electron chi connectivity index (χ1n) is 24.9. The molecule has 8 rings (SSSR count). The van der Waals surface area contributed by atoms with Gasteiger partial charge in [0, 0.05) is 0 Å². The SMILES string of the molecule is CCC(C)(C)c1ccc(-c2cc(C(C)(C)CC)cc3c(-c4cccc(C(F)(F)F)c4)c4c(-c5ccc(C(C)(C)CC)cc5)c5ccc(C(C)(C)CC)cc5cc4c(-c4cccc(C(F)(F)F)c4)c23)cc1. The predicted molar refractivity (Wildman–Crippen MR) is 284 cm³/mol.